The van der Waals surface area contributed by atoms with Crippen molar-refractivity contribution in [3.8, 4) is 11.1 Å². The fourth-order valence-electron chi connectivity index (χ4n) is 3.95. The molecule has 6 nitrogen and oxygen atoms in total. The lowest BCUT2D eigenvalue weighted by Gasteiger charge is -2.28. The molecule has 0 spiro atoms. The minimum Gasteiger partial charge on any atom is -0.444 e. The molecule has 0 saturated carbocycles. The van der Waals surface area contributed by atoms with Gasteiger partial charge in [0.25, 0.3) is 5.56 Å². The first-order chi connectivity index (χ1) is 14.7. The Morgan fingerprint density at radius 3 is 2.71 bits per heavy atom. The third-order valence-electron chi connectivity index (χ3n) is 5.40. The van der Waals surface area contributed by atoms with Gasteiger partial charge in [-0.15, -0.1) is 0 Å². The van der Waals surface area contributed by atoms with Crippen molar-refractivity contribution in [2.75, 3.05) is 6.54 Å². The van der Waals surface area contributed by atoms with Crippen molar-refractivity contribution in [1.82, 2.24) is 14.5 Å². The summed E-state index contributed by atoms with van der Waals surface area (Å²) in [6.45, 7) is 6.50. The molecule has 1 saturated heterocycles. The molecule has 2 aromatic carbocycles. The molecule has 1 aromatic heterocycles. The van der Waals surface area contributed by atoms with Crippen molar-refractivity contribution < 1.29 is 13.9 Å². The van der Waals surface area contributed by atoms with Gasteiger partial charge in [-0.3, -0.25) is 9.36 Å². The number of halogens is 1. The maximum Gasteiger partial charge on any atom is 0.410 e. The molecule has 1 aliphatic rings. The summed E-state index contributed by atoms with van der Waals surface area (Å²) in [5.41, 5.74) is 1.35. The molecule has 3 aromatic rings. The predicted molar refractivity (Wildman–Crippen MR) is 117 cm³/mol. The standard InChI is InChI=1S/C24H26FN3O3/c1-24(2,3)31-23(30)28-11-5-8-19(28)14-27-15-26-21-13-17(9-10-20(21)22(27)29)16-6-4-7-18(25)12-16/h4,6-7,9-10,12-13,15,19H,5,8,11,14H2,1-3H3. The van der Waals surface area contributed by atoms with Crippen molar-refractivity contribution >= 4 is 17.0 Å². The van der Waals surface area contributed by atoms with Gasteiger partial charge in [0.1, 0.15) is 11.4 Å². The Morgan fingerprint density at radius 1 is 1.19 bits per heavy atom. The van der Waals surface area contributed by atoms with Gasteiger partial charge in [0.05, 0.1) is 23.3 Å². The van der Waals surface area contributed by atoms with Crippen molar-refractivity contribution in [2.24, 2.45) is 0 Å². The highest BCUT2D eigenvalue weighted by Crippen LogP contribution is 2.24. The first-order valence-corrected chi connectivity index (χ1v) is 10.5. The summed E-state index contributed by atoms with van der Waals surface area (Å²) < 4.78 is 20.6. The van der Waals surface area contributed by atoms with Crippen LogP contribution < -0.4 is 5.56 Å². The number of amides is 1. The van der Waals surface area contributed by atoms with Crippen LogP contribution in [0, 0.1) is 5.82 Å². The number of fused-ring (bicyclic) bond motifs is 1. The normalized spacial score (nSPS) is 16.6. The average molecular weight is 423 g/mol. The molecule has 1 amide bonds. The van der Waals surface area contributed by atoms with E-state index in [-0.39, 0.29) is 23.5 Å². The summed E-state index contributed by atoms with van der Waals surface area (Å²) in [4.78, 5) is 31.7. The number of hydrogen-bond donors (Lipinski definition) is 0. The quantitative estimate of drug-likeness (QED) is 0.618. The minimum absolute atomic E-state index is 0.113. The molecule has 1 aliphatic heterocycles. The van der Waals surface area contributed by atoms with Crippen molar-refractivity contribution in [1.29, 1.82) is 0 Å². The summed E-state index contributed by atoms with van der Waals surface area (Å²) in [5, 5.41) is 0.490. The van der Waals surface area contributed by atoms with E-state index in [1.54, 1.807) is 33.7 Å². The van der Waals surface area contributed by atoms with Gasteiger partial charge < -0.3 is 9.64 Å². The molecule has 0 radical (unpaired) electrons. The summed E-state index contributed by atoms with van der Waals surface area (Å²) in [6, 6.07) is 11.5. The van der Waals surface area contributed by atoms with Crippen LogP contribution in [0.25, 0.3) is 22.0 Å². The molecule has 1 fully saturated rings. The number of rotatable bonds is 3. The number of ether oxygens (including phenoxy) is 1. The number of likely N-dealkylation sites (tertiary alicyclic amines) is 1. The second-order valence-electron chi connectivity index (χ2n) is 8.91. The highest BCUT2D eigenvalue weighted by atomic mass is 19.1. The summed E-state index contributed by atoms with van der Waals surface area (Å²) in [5.74, 6) is -0.313. The monoisotopic (exact) mass is 423 g/mol. The van der Waals surface area contributed by atoms with Crippen LogP contribution in [0.1, 0.15) is 33.6 Å². The number of benzene rings is 2. The van der Waals surface area contributed by atoms with Gasteiger partial charge in [-0.25, -0.2) is 14.2 Å². The fraction of sp³-hybridized carbons (Fsp3) is 0.375. The van der Waals surface area contributed by atoms with E-state index in [2.05, 4.69) is 4.98 Å². The highest BCUT2D eigenvalue weighted by Gasteiger charge is 2.32. The lowest BCUT2D eigenvalue weighted by atomic mass is 10.0. The van der Waals surface area contributed by atoms with Gasteiger partial charge in [0, 0.05) is 13.1 Å². The van der Waals surface area contributed by atoms with Crippen LogP contribution in [0.5, 0.6) is 0 Å². The van der Waals surface area contributed by atoms with Crippen LogP contribution in [0.3, 0.4) is 0 Å². The molecule has 162 valence electrons. The first kappa shape index (κ1) is 21.0. The van der Waals surface area contributed by atoms with Crippen molar-refractivity contribution in [3.05, 3.63) is 65.0 Å². The van der Waals surface area contributed by atoms with Gasteiger partial charge in [0.2, 0.25) is 0 Å². The van der Waals surface area contributed by atoms with Crippen molar-refractivity contribution in [2.45, 2.75) is 51.8 Å². The highest BCUT2D eigenvalue weighted by molar-refractivity contribution is 5.83. The van der Waals surface area contributed by atoms with Crippen molar-refractivity contribution in [3.63, 3.8) is 0 Å². The second-order valence-corrected chi connectivity index (χ2v) is 8.91. The van der Waals surface area contributed by atoms with Gasteiger partial charge in [-0.05, 0) is 69.0 Å². The topological polar surface area (TPSA) is 64.4 Å². The third-order valence-corrected chi connectivity index (χ3v) is 5.40. The fourth-order valence-corrected chi connectivity index (χ4v) is 3.95. The molecule has 2 heterocycles. The summed E-state index contributed by atoms with van der Waals surface area (Å²) in [6.07, 6.45) is 2.85. The van der Waals surface area contributed by atoms with Crippen LogP contribution in [-0.2, 0) is 11.3 Å². The van der Waals surface area contributed by atoms with E-state index in [1.807, 2.05) is 26.8 Å². The number of carbonyl (C=O) groups is 1. The molecule has 31 heavy (non-hydrogen) atoms. The smallest absolute Gasteiger partial charge is 0.410 e. The van der Waals surface area contributed by atoms with Crippen LogP contribution in [0.2, 0.25) is 0 Å². The van der Waals surface area contributed by atoms with E-state index in [0.29, 0.717) is 24.0 Å². The molecule has 7 heteroatoms. The lowest BCUT2D eigenvalue weighted by molar-refractivity contribution is 0.0213. The molecular formula is C24H26FN3O3. The van der Waals surface area contributed by atoms with E-state index >= 15 is 0 Å². The van der Waals surface area contributed by atoms with Gasteiger partial charge in [0.15, 0.2) is 0 Å². The van der Waals surface area contributed by atoms with E-state index in [4.69, 9.17) is 4.74 Å². The first-order valence-electron chi connectivity index (χ1n) is 10.5. The maximum absolute atomic E-state index is 13.6. The van der Waals surface area contributed by atoms with E-state index in [0.717, 1.165) is 24.0 Å². The molecule has 4 rings (SSSR count). The van der Waals surface area contributed by atoms with Gasteiger partial charge in [-0.2, -0.15) is 0 Å². The number of aromatic nitrogens is 2. The SMILES string of the molecule is CC(C)(C)OC(=O)N1CCCC1Cn1cnc2cc(-c3cccc(F)c3)ccc2c1=O. The van der Waals surface area contributed by atoms with Gasteiger partial charge in [-0.1, -0.05) is 18.2 Å². The van der Waals surface area contributed by atoms with Crippen LogP contribution >= 0.6 is 0 Å². The third kappa shape index (κ3) is 4.60. The Balaban J connectivity index is 1.59. The Hall–Kier alpha value is -3.22. The van der Waals surface area contributed by atoms with E-state index in [9.17, 15) is 14.0 Å². The molecular weight excluding hydrogens is 397 g/mol. The Bertz CT molecular complexity index is 1180. The Kier molecular flexibility index (Phi) is 5.52. The average Bonchev–Trinajstić information content (AvgIpc) is 3.17. The molecule has 1 unspecified atom stereocenters. The molecule has 0 aliphatic carbocycles. The van der Waals surface area contributed by atoms with Crippen LogP contribution in [-0.4, -0.2) is 38.7 Å². The zero-order valence-electron chi connectivity index (χ0n) is 18.0. The molecule has 0 bridgehead atoms. The zero-order valence-corrected chi connectivity index (χ0v) is 18.0. The Morgan fingerprint density at radius 2 is 1.97 bits per heavy atom. The summed E-state index contributed by atoms with van der Waals surface area (Å²) in [7, 11) is 0. The Labute approximate surface area is 180 Å². The number of nitrogens with zero attached hydrogens (tertiary/aromatic N) is 3. The van der Waals surface area contributed by atoms with Crippen LogP contribution in [0.15, 0.2) is 53.6 Å². The largest absolute Gasteiger partial charge is 0.444 e. The van der Waals surface area contributed by atoms with Gasteiger partial charge >= 0.3 is 6.09 Å². The second kappa shape index (κ2) is 8.13. The van der Waals surface area contributed by atoms with Crippen LogP contribution in [0.4, 0.5) is 9.18 Å². The maximum atomic E-state index is 13.6. The molecule has 0 N–H and O–H groups in total. The molecule has 1 atom stereocenters. The number of hydrogen-bond acceptors (Lipinski definition) is 4. The lowest BCUT2D eigenvalue weighted by Crippen LogP contribution is -2.42. The predicted octanol–water partition coefficient (Wildman–Crippen LogP) is 4.60. The minimum atomic E-state index is -0.565. The van der Waals surface area contributed by atoms with E-state index in [1.165, 1.54) is 18.5 Å². The number of carbonyl (C=O) groups excluding carboxylic acids is 1. The zero-order chi connectivity index (χ0) is 22.2. The van der Waals surface area contributed by atoms with E-state index < -0.39 is 5.60 Å². The summed E-state index contributed by atoms with van der Waals surface area (Å²) >= 11 is 0.